The summed E-state index contributed by atoms with van der Waals surface area (Å²) in [5.74, 6) is 0.406. The fraction of sp³-hybridized carbons (Fsp3) is 0.818. The maximum absolute atomic E-state index is 12.7. The Morgan fingerprint density at radius 1 is 1.21 bits per heavy atom. The molecule has 158 valence electrons. The maximum atomic E-state index is 12.7. The van der Waals surface area contributed by atoms with Crippen LogP contribution in [-0.2, 0) is 11.3 Å². The molecule has 0 aromatic carbocycles. The van der Waals surface area contributed by atoms with Crippen LogP contribution in [0.25, 0.3) is 0 Å². The number of nitrogens with zero attached hydrogens (tertiary/aromatic N) is 4. The van der Waals surface area contributed by atoms with E-state index in [9.17, 15) is 4.79 Å². The monoisotopic (exact) mass is 389 g/mol. The van der Waals surface area contributed by atoms with E-state index in [1.807, 2.05) is 11.6 Å². The molecule has 6 heteroatoms. The average Bonchev–Trinajstić information content (AvgIpc) is 3.02. The third-order valence-electron chi connectivity index (χ3n) is 6.52. The molecule has 6 nitrogen and oxygen atoms in total. The van der Waals surface area contributed by atoms with Crippen LogP contribution in [0.5, 0.6) is 0 Å². The number of aromatic nitrogens is 2. The van der Waals surface area contributed by atoms with E-state index in [1.54, 1.807) is 0 Å². The van der Waals surface area contributed by atoms with E-state index in [0.29, 0.717) is 12.1 Å². The van der Waals surface area contributed by atoms with Gasteiger partial charge in [0.25, 0.3) is 0 Å². The summed E-state index contributed by atoms with van der Waals surface area (Å²) < 4.78 is 2.04. The van der Waals surface area contributed by atoms with Gasteiger partial charge in [0.15, 0.2) is 0 Å². The summed E-state index contributed by atoms with van der Waals surface area (Å²) >= 11 is 0. The first kappa shape index (κ1) is 21.3. The number of nitrogens with one attached hydrogen (secondary N) is 1. The van der Waals surface area contributed by atoms with Crippen LogP contribution < -0.4 is 5.32 Å². The van der Waals surface area contributed by atoms with Crippen LogP contribution in [0, 0.1) is 19.8 Å². The Bertz CT molecular complexity index is 633. The first-order chi connectivity index (χ1) is 13.4. The molecule has 1 atom stereocenters. The summed E-state index contributed by atoms with van der Waals surface area (Å²) in [7, 11) is 0. The molecule has 0 radical (unpaired) electrons. The van der Waals surface area contributed by atoms with Crippen molar-refractivity contribution in [3.8, 4) is 0 Å². The van der Waals surface area contributed by atoms with Crippen molar-refractivity contribution in [3.63, 3.8) is 0 Å². The van der Waals surface area contributed by atoms with E-state index in [4.69, 9.17) is 0 Å². The molecule has 1 unspecified atom stereocenters. The number of hydrogen-bond donors (Lipinski definition) is 1. The van der Waals surface area contributed by atoms with Crippen molar-refractivity contribution in [3.05, 3.63) is 17.5 Å². The predicted octanol–water partition coefficient (Wildman–Crippen LogP) is 2.59. The standard InChI is InChI=1S/C22H39N5O/c1-17(2)25-13-8-21(9-14-25)26-11-5-7-20(16-26)22(28)23-10-6-12-27-19(4)15-18(3)24-27/h15,17,20-21H,5-14,16H2,1-4H3,(H,23,28). The quantitative estimate of drug-likeness (QED) is 0.729. The molecule has 1 amide bonds. The van der Waals surface area contributed by atoms with Gasteiger partial charge in [0.05, 0.1) is 11.6 Å². The summed E-state index contributed by atoms with van der Waals surface area (Å²) in [4.78, 5) is 17.9. The van der Waals surface area contributed by atoms with E-state index in [-0.39, 0.29) is 11.8 Å². The molecule has 3 heterocycles. The van der Waals surface area contributed by atoms with Gasteiger partial charge in [0, 0.05) is 37.4 Å². The second-order valence-electron chi connectivity index (χ2n) is 8.99. The fourth-order valence-corrected chi connectivity index (χ4v) is 4.81. The zero-order valence-electron chi connectivity index (χ0n) is 18.3. The molecule has 0 saturated carbocycles. The second-order valence-corrected chi connectivity index (χ2v) is 8.99. The van der Waals surface area contributed by atoms with Crippen molar-refractivity contribution in [2.24, 2.45) is 5.92 Å². The molecule has 2 fully saturated rings. The van der Waals surface area contributed by atoms with Crippen LogP contribution in [0.15, 0.2) is 6.07 Å². The van der Waals surface area contributed by atoms with E-state index in [2.05, 4.69) is 47.1 Å². The second kappa shape index (κ2) is 9.88. The summed E-state index contributed by atoms with van der Waals surface area (Å²) in [5.41, 5.74) is 2.25. The molecular weight excluding hydrogens is 350 g/mol. The first-order valence-corrected chi connectivity index (χ1v) is 11.2. The average molecular weight is 390 g/mol. The van der Waals surface area contributed by atoms with Gasteiger partial charge in [-0.25, -0.2) is 0 Å². The Labute approximate surface area is 170 Å². The van der Waals surface area contributed by atoms with Gasteiger partial charge < -0.3 is 10.2 Å². The molecule has 3 rings (SSSR count). The lowest BCUT2D eigenvalue weighted by molar-refractivity contribution is -0.127. The number of amides is 1. The molecule has 2 saturated heterocycles. The fourth-order valence-electron chi connectivity index (χ4n) is 4.81. The molecule has 0 aliphatic carbocycles. The largest absolute Gasteiger partial charge is 0.356 e. The van der Waals surface area contributed by atoms with Crippen molar-refractivity contribution in [1.29, 1.82) is 0 Å². The minimum atomic E-state index is 0.158. The summed E-state index contributed by atoms with van der Waals surface area (Å²) in [5, 5.41) is 7.67. The molecule has 2 aliphatic rings. The maximum Gasteiger partial charge on any atom is 0.224 e. The Balaban J connectivity index is 1.39. The van der Waals surface area contributed by atoms with Gasteiger partial charge in [0.1, 0.15) is 0 Å². The van der Waals surface area contributed by atoms with Crippen molar-refractivity contribution in [2.75, 3.05) is 32.7 Å². The van der Waals surface area contributed by atoms with E-state index >= 15 is 0 Å². The van der Waals surface area contributed by atoms with Crippen molar-refractivity contribution < 1.29 is 4.79 Å². The van der Waals surface area contributed by atoms with Gasteiger partial charge >= 0.3 is 0 Å². The number of carbonyl (C=O) groups is 1. The zero-order chi connectivity index (χ0) is 20.1. The van der Waals surface area contributed by atoms with E-state index in [0.717, 1.165) is 51.1 Å². The van der Waals surface area contributed by atoms with Crippen LogP contribution in [0.4, 0.5) is 0 Å². The normalized spacial score (nSPS) is 22.7. The van der Waals surface area contributed by atoms with Gasteiger partial charge in [0.2, 0.25) is 5.91 Å². The van der Waals surface area contributed by atoms with Crippen LogP contribution in [0.3, 0.4) is 0 Å². The van der Waals surface area contributed by atoms with Gasteiger partial charge in [-0.05, 0) is 85.5 Å². The van der Waals surface area contributed by atoms with Gasteiger partial charge in [-0.2, -0.15) is 5.10 Å². The Kier molecular flexibility index (Phi) is 7.52. The van der Waals surface area contributed by atoms with Crippen LogP contribution in [0.2, 0.25) is 0 Å². The lowest BCUT2D eigenvalue weighted by Crippen LogP contribution is -2.51. The highest BCUT2D eigenvalue weighted by Crippen LogP contribution is 2.24. The van der Waals surface area contributed by atoms with Gasteiger partial charge in [-0.15, -0.1) is 0 Å². The predicted molar refractivity (Wildman–Crippen MR) is 113 cm³/mol. The first-order valence-electron chi connectivity index (χ1n) is 11.2. The highest BCUT2D eigenvalue weighted by atomic mass is 16.1. The highest BCUT2D eigenvalue weighted by molar-refractivity contribution is 5.78. The SMILES string of the molecule is Cc1cc(C)n(CCCNC(=O)C2CCCN(C3CCN(C(C)C)CC3)C2)n1. The number of piperidine rings is 2. The third-order valence-corrected chi connectivity index (χ3v) is 6.52. The van der Waals surface area contributed by atoms with Crippen molar-refractivity contribution in [2.45, 2.75) is 78.4 Å². The van der Waals surface area contributed by atoms with E-state index in [1.165, 1.54) is 31.6 Å². The smallest absolute Gasteiger partial charge is 0.224 e. The van der Waals surface area contributed by atoms with Crippen molar-refractivity contribution >= 4 is 5.91 Å². The number of hydrogen-bond acceptors (Lipinski definition) is 4. The molecule has 1 N–H and O–H groups in total. The summed E-state index contributed by atoms with van der Waals surface area (Å²) in [6.45, 7) is 14.8. The number of rotatable bonds is 7. The highest BCUT2D eigenvalue weighted by Gasteiger charge is 2.31. The van der Waals surface area contributed by atoms with E-state index < -0.39 is 0 Å². The van der Waals surface area contributed by atoms with Crippen molar-refractivity contribution in [1.82, 2.24) is 24.9 Å². The molecular formula is C22H39N5O. The Morgan fingerprint density at radius 3 is 2.61 bits per heavy atom. The molecule has 0 bridgehead atoms. The van der Waals surface area contributed by atoms with Crippen LogP contribution in [0.1, 0.15) is 57.3 Å². The van der Waals surface area contributed by atoms with Gasteiger partial charge in [-0.3, -0.25) is 14.4 Å². The third kappa shape index (κ3) is 5.57. The van der Waals surface area contributed by atoms with Crippen LogP contribution >= 0.6 is 0 Å². The molecule has 1 aromatic rings. The minimum absolute atomic E-state index is 0.158. The number of carbonyl (C=O) groups excluding carboxylic acids is 1. The Hall–Kier alpha value is -1.40. The molecule has 28 heavy (non-hydrogen) atoms. The van der Waals surface area contributed by atoms with Gasteiger partial charge in [-0.1, -0.05) is 0 Å². The summed E-state index contributed by atoms with van der Waals surface area (Å²) in [6.07, 6.45) is 5.60. The molecule has 1 aromatic heterocycles. The molecule has 0 spiro atoms. The number of likely N-dealkylation sites (tertiary alicyclic amines) is 2. The Morgan fingerprint density at radius 2 is 1.96 bits per heavy atom. The number of aryl methyl sites for hydroxylation is 3. The van der Waals surface area contributed by atoms with Crippen LogP contribution in [-0.4, -0.2) is 70.3 Å². The molecule has 2 aliphatic heterocycles. The lowest BCUT2D eigenvalue weighted by Gasteiger charge is -2.43. The minimum Gasteiger partial charge on any atom is -0.356 e. The lowest BCUT2D eigenvalue weighted by atomic mass is 9.93. The topological polar surface area (TPSA) is 53.4 Å². The summed E-state index contributed by atoms with van der Waals surface area (Å²) in [6, 6.07) is 3.41. The zero-order valence-corrected chi connectivity index (χ0v) is 18.3.